The van der Waals surface area contributed by atoms with Gasteiger partial charge in [0.25, 0.3) is 0 Å². The largest absolute Gasteiger partial charge is 0.381 e. The average molecular weight is 211 g/mol. The Labute approximate surface area is 93.8 Å². The lowest BCUT2D eigenvalue weighted by atomic mass is 9.64. The van der Waals surface area contributed by atoms with Gasteiger partial charge in [0.05, 0.1) is 6.10 Å². The Morgan fingerprint density at radius 1 is 1.27 bits per heavy atom. The minimum Gasteiger partial charge on any atom is -0.381 e. The first-order valence-corrected chi connectivity index (χ1v) is 6.34. The summed E-state index contributed by atoms with van der Waals surface area (Å²) in [4.78, 5) is 0. The molecule has 2 nitrogen and oxygen atoms in total. The summed E-state index contributed by atoms with van der Waals surface area (Å²) in [6, 6.07) is 1.42. The smallest absolute Gasteiger partial charge is 0.0652 e. The molecule has 88 valence electrons. The molecule has 2 fully saturated rings. The molecule has 15 heavy (non-hydrogen) atoms. The van der Waals surface area contributed by atoms with E-state index in [1.807, 2.05) is 7.11 Å². The highest BCUT2D eigenvalue weighted by atomic mass is 16.5. The maximum atomic E-state index is 5.48. The van der Waals surface area contributed by atoms with Crippen molar-refractivity contribution >= 4 is 0 Å². The Morgan fingerprint density at radius 3 is 2.47 bits per heavy atom. The standard InChI is InChI=1S/C13H25NO/c1-9-6-5-7-10(9)14-11-8-12(15-4)13(11,2)3/h9-12,14H,5-8H2,1-4H3. The van der Waals surface area contributed by atoms with Gasteiger partial charge in [0.15, 0.2) is 0 Å². The molecule has 2 saturated carbocycles. The summed E-state index contributed by atoms with van der Waals surface area (Å²) < 4.78 is 5.48. The van der Waals surface area contributed by atoms with Crippen LogP contribution in [0.2, 0.25) is 0 Å². The van der Waals surface area contributed by atoms with E-state index >= 15 is 0 Å². The van der Waals surface area contributed by atoms with Crippen molar-refractivity contribution in [2.45, 2.75) is 64.6 Å². The van der Waals surface area contributed by atoms with Crippen LogP contribution in [0.5, 0.6) is 0 Å². The van der Waals surface area contributed by atoms with Crippen LogP contribution in [0.1, 0.15) is 46.5 Å². The molecule has 0 aromatic rings. The van der Waals surface area contributed by atoms with Crippen molar-refractivity contribution in [2.75, 3.05) is 7.11 Å². The maximum Gasteiger partial charge on any atom is 0.0652 e. The lowest BCUT2D eigenvalue weighted by Gasteiger charge is -2.52. The topological polar surface area (TPSA) is 21.3 Å². The molecule has 0 saturated heterocycles. The molecule has 0 aromatic heterocycles. The number of nitrogens with one attached hydrogen (secondary N) is 1. The monoisotopic (exact) mass is 211 g/mol. The molecule has 2 aliphatic rings. The predicted molar refractivity (Wildman–Crippen MR) is 62.9 cm³/mol. The van der Waals surface area contributed by atoms with E-state index in [0.717, 1.165) is 12.0 Å². The fourth-order valence-corrected chi connectivity index (χ4v) is 3.22. The Morgan fingerprint density at radius 2 is 2.00 bits per heavy atom. The van der Waals surface area contributed by atoms with Gasteiger partial charge < -0.3 is 10.1 Å². The van der Waals surface area contributed by atoms with Crippen molar-refractivity contribution in [1.29, 1.82) is 0 Å². The zero-order valence-electron chi connectivity index (χ0n) is 10.5. The Bertz CT molecular complexity index is 227. The molecular formula is C13H25NO. The van der Waals surface area contributed by atoms with E-state index in [4.69, 9.17) is 4.74 Å². The summed E-state index contributed by atoms with van der Waals surface area (Å²) >= 11 is 0. The lowest BCUT2D eigenvalue weighted by molar-refractivity contribution is -0.101. The van der Waals surface area contributed by atoms with Gasteiger partial charge in [-0.2, -0.15) is 0 Å². The third-order valence-corrected chi connectivity index (χ3v) is 4.74. The summed E-state index contributed by atoms with van der Waals surface area (Å²) in [5, 5.41) is 3.84. The van der Waals surface area contributed by atoms with Gasteiger partial charge in [-0.3, -0.25) is 0 Å². The van der Waals surface area contributed by atoms with Crippen LogP contribution in [0.25, 0.3) is 0 Å². The van der Waals surface area contributed by atoms with Crippen molar-refractivity contribution in [3.8, 4) is 0 Å². The zero-order valence-corrected chi connectivity index (χ0v) is 10.5. The van der Waals surface area contributed by atoms with E-state index in [1.165, 1.54) is 25.7 Å². The molecule has 1 N–H and O–H groups in total. The average Bonchev–Trinajstić information content (AvgIpc) is 2.58. The fourth-order valence-electron chi connectivity index (χ4n) is 3.22. The van der Waals surface area contributed by atoms with Crippen molar-refractivity contribution in [3.05, 3.63) is 0 Å². The van der Waals surface area contributed by atoms with Crippen LogP contribution < -0.4 is 5.32 Å². The summed E-state index contributed by atoms with van der Waals surface area (Å²) in [6.07, 6.45) is 5.81. The highest BCUT2D eigenvalue weighted by Crippen LogP contribution is 2.43. The molecule has 0 aliphatic heterocycles. The summed E-state index contributed by atoms with van der Waals surface area (Å²) in [5.74, 6) is 0.863. The minimum atomic E-state index is 0.317. The van der Waals surface area contributed by atoms with Crippen LogP contribution >= 0.6 is 0 Å². The zero-order chi connectivity index (χ0) is 11.1. The Kier molecular flexibility index (Phi) is 3.09. The van der Waals surface area contributed by atoms with Crippen LogP contribution in [0.4, 0.5) is 0 Å². The van der Waals surface area contributed by atoms with Crippen molar-refractivity contribution < 1.29 is 4.74 Å². The summed E-state index contributed by atoms with van der Waals surface area (Å²) in [7, 11) is 1.83. The quantitative estimate of drug-likeness (QED) is 0.774. The molecule has 0 bridgehead atoms. The molecule has 2 aliphatic carbocycles. The van der Waals surface area contributed by atoms with E-state index < -0.39 is 0 Å². The maximum absolute atomic E-state index is 5.48. The van der Waals surface area contributed by atoms with E-state index in [0.29, 0.717) is 17.6 Å². The molecule has 0 radical (unpaired) electrons. The first-order valence-electron chi connectivity index (χ1n) is 6.34. The number of rotatable bonds is 3. The van der Waals surface area contributed by atoms with Crippen molar-refractivity contribution in [1.82, 2.24) is 5.32 Å². The van der Waals surface area contributed by atoms with Gasteiger partial charge in [-0.1, -0.05) is 27.2 Å². The second kappa shape index (κ2) is 4.06. The Balaban J connectivity index is 1.86. The van der Waals surface area contributed by atoms with E-state index in [9.17, 15) is 0 Å². The van der Waals surface area contributed by atoms with Gasteiger partial charge in [-0.15, -0.1) is 0 Å². The highest BCUT2D eigenvalue weighted by Gasteiger charge is 2.49. The lowest BCUT2D eigenvalue weighted by Crippen LogP contribution is -2.62. The second-order valence-corrected chi connectivity index (χ2v) is 6.02. The van der Waals surface area contributed by atoms with Crippen molar-refractivity contribution in [2.24, 2.45) is 11.3 Å². The number of hydrogen-bond donors (Lipinski definition) is 1. The molecule has 4 atom stereocenters. The highest BCUT2D eigenvalue weighted by molar-refractivity contribution is 5.04. The van der Waals surface area contributed by atoms with Crippen LogP contribution in [0.3, 0.4) is 0 Å². The third-order valence-electron chi connectivity index (χ3n) is 4.74. The van der Waals surface area contributed by atoms with E-state index in [1.54, 1.807) is 0 Å². The number of ether oxygens (including phenoxy) is 1. The van der Waals surface area contributed by atoms with E-state index in [-0.39, 0.29) is 0 Å². The van der Waals surface area contributed by atoms with Gasteiger partial charge in [0, 0.05) is 24.6 Å². The molecule has 4 unspecified atom stereocenters. The third kappa shape index (κ3) is 1.94. The first kappa shape index (κ1) is 11.4. The van der Waals surface area contributed by atoms with Crippen LogP contribution in [-0.4, -0.2) is 25.3 Å². The Hall–Kier alpha value is -0.0800. The molecule has 0 heterocycles. The summed E-state index contributed by atoms with van der Waals surface area (Å²) in [6.45, 7) is 7.02. The van der Waals surface area contributed by atoms with Crippen LogP contribution in [0, 0.1) is 11.3 Å². The first-order chi connectivity index (χ1) is 7.05. The molecule has 2 heteroatoms. The number of methoxy groups -OCH3 is 1. The van der Waals surface area contributed by atoms with Gasteiger partial charge in [-0.25, -0.2) is 0 Å². The van der Waals surface area contributed by atoms with Gasteiger partial charge >= 0.3 is 0 Å². The number of hydrogen-bond acceptors (Lipinski definition) is 2. The van der Waals surface area contributed by atoms with Gasteiger partial charge in [0.2, 0.25) is 0 Å². The molecule has 0 amide bonds. The molecule has 0 aromatic carbocycles. The second-order valence-electron chi connectivity index (χ2n) is 6.02. The van der Waals surface area contributed by atoms with Gasteiger partial charge in [-0.05, 0) is 25.2 Å². The van der Waals surface area contributed by atoms with Crippen LogP contribution in [-0.2, 0) is 4.74 Å². The predicted octanol–water partition coefficient (Wildman–Crippen LogP) is 2.58. The SMILES string of the molecule is COC1CC(NC2CCCC2C)C1(C)C. The van der Waals surface area contributed by atoms with Gasteiger partial charge in [0.1, 0.15) is 0 Å². The molecular weight excluding hydrogens is 186 g/mol. The molecule has 2 rings (SSSR count). The normalized spacial score (nSPS) is 44.0. The molecule has 0 spiro atoms. The van der Waals surface area contributed by atoms with Crippen molar-refractivity contribution in [3.63, 3.8) is 0 Å². The van der Waals surface area contributed by atoms with Crippen LogP contribution in [0.15, 0.2) is 0 Å². The minimum absolute atomic E-state index is 0.317. The van der Waals surface area contributed by atoms with E-state index in [2.05, 4.69) is 26.1 Å². The summed E-state index contributed by atoms with van der Waals surface area (Å²) in [5.41, 5.74) is 0.317. The fraction of sp³-hybridized carbons (Fsp3) is 1.00.